The summed E-state index contributed by atoms with van der Waals surface area (Å²) < 4.78 is 0. The molecule has 0 spiro atoms. The van der Waals surface area contributed by atoms with E-state index >= 15 is 0 Å². The molecule has 0 amide bonds. The van der Waals surface area contributed by atoms with Gasteiger partial charge in [-0.25, -0.2) is 0 Å². The molecule has 1 atom stereocenters. The first-order chi connectivity index (χ1) is 7.86. The summed E-state index contributed by atoms with van der Waals surface area (Å²) in [6, 6.07) is 4.07. The number of nitrogens with one attached hydrogen (secondary N) is 1. The fourth-order valence-electron chi connectivity index (χ4n) is 1.72. The van der Waals surface area contributed by atoms with Crippen LogP contribution in [0.5, 0.6) is 0 Å². The van der Waals surface area contributed by atoms with Gasteiger partial charge in [-0.2, -0.15) is 0 Å². The van der Waals surface area contributed by atoms with E-state index in [0.29, 0.717) is 12.5 Å². The molecule has 1 aromatic rings. The summed E-state index contributed by atoms with van der Waals surface area (Å²) >= 11 is 0. The molecule has 0 aliphatic carbocycles. The Bertz CT molecular complexity index is 264. The Labute approximate surface area is 97.9 Å². The van der Waals surface area contributed by atoms with Crippen LogP contribution in [0.25, 0.3) is 0 Å². The van der Waals surface area contributed by atoms with Gasteiger partial charge in [-0.1, -0.05) is 19.4 Å². The highest BCUT2D eigenvalue weighted by molar-refractivity contribution is 5.08. The van der Waals surface area contributed by atoms with Crippen molar-refractivity contribution in [2.75, 3.05) is 19.7 Å². The highest BCUT2D eigenvalue weighted by Gasteiger charge is 2.04. The van der Waals surface area contributed by atoms with Crippen LogP contribution in [0.1, 0.15) is 25.3 Å². The fourth-order valence-corrected chi connectivity index (χ4v) is 1.72. The molecule has 0 saturated carbocycles. The molecule has 3 nitrogen and oxygen atoms in total. The lowest BCUT2D eigenvalue weighted by molar-refractivity contribution is 0.251. The van der Waals surface area contributed by atoms with Crippen molar-refractivity contribution in [2.45, 2.75) is 26.2 Å². The minimum atomic E-state index is 0.294. The van der Waals surface area contributed by atoms with Crippen LogP contribution in [0, 0.1) is 5.92 Å². The van der Waals surface area contributed by atoms with E-state index in [1.54, 1.807) is 6.20 Å². The van der Waals surface area contributed by atoms with Crippen LogP contribution < -0.4 is 5.32 Å². The molecule has 90 valence electrons. The van der Waals surface area contributed by atoms with Crippen LogP contribution in [-0.2, 0) is 6.42 Å². The fraction of sp³-hybridized carbons (Fsp3) is 0.615. The van der Waals surface area contributed by atoms with Crippen molar-refractivity contribution >= 4 is 0 Å². The molecular formula is C13H22N2O. The molecule has 1 heterocycles. The lowest BCUT2D eigenvalue weighted by Crippen LogP contribution is -2.25. The van der Waals surface area contributed by atoms with Gasteiger partial charge in [-0.05, 0) is 43.5 Å². The first-order valence-electron chi connectivity index (χ1n) is 6.07. The van der Waals surface area contributed by atoms with Crippen molar-refractivity contribution in [3.05, 3.63) is 30.1 Å². The Morgan fingerprint density at radius 3 is 3.00 bits per heavy atom. The SMILES string of the molecule is CCC(CCO)CNCCc1cccnc1. The number of pyridine rings is 1. The molecule has 1 aromatic heterocycles. The summed E-state index contributed by atoms with van der Waals surface area (Å²) in [6.45, 7) is 4.44. The molecule has 2 N–H and O–H groups in total. The monoisotopic (exact) mass is 222 g/mol. The third kappa shape index (κ3) is 5.24. The van der Waals surface area contributed by atoms with E-state index in [-0.39, 0.29) is 0 Å². The number of aromatic nitrogens is 1. The van der Waals surface area contributed by atoms with Crippen molar-refractivity contribution in [2.24, 2.45) is 5.92 Å². The van der Waals surface area contributed by atoms with Gasteiger partial charge in [0, 0.05) is 19.0 Å². The molecule has 0 radical (unpaired) electrons. The molecular weight excluding hydrogens is 200 g/mol. The lowest BCUT2D eigenvalue weighted by Gasteiger charge is -2.14. The van der Waals surface area contributed by atoms with E-state index in [0.717, 1.165) is 32.4 Å². The molecule has 0 aliphatic heterocycles. The standard InChI is InChI=1S/C13H22N2O/c1-2-12(6-9-16)10-15-8-5-13-4-3-7-14-11-13/h3-4,7,11-12,15-16H,2,5-6,8-10H2,1H3. The van der Waals surface area contributed by atoms with Crippen molar-refractivity contribution < 1.29 is 5.11 Å². The maximum absolute atomic E-state index is 8.87. The smallest absolute Gasteiger partial charge is 0.0434 e. The number of rotatable bonds is 8. The zero-order valence-corrected chi connectivity index (χ0v) is 10.0. The van der Waals surface area contributed by atoms with E-state index in [1.807, 2.05) is 12.3 Å². The molecule has 1 unspecified atom stereocenters. The van der Waals surface area contributed by atoms with Crippen molar-refractivity contribution in [1.82, 2.24) is 10.3 Å². The third-order valence-electron chi connectivity index (χ3n) is 2.86. The molecule has 1 rings (SSSR count). The highest BCUT2D eigenvalue weighted by Crippen LogP contribution is 2.05. The average molecular weight is 222 g/mol. The molecule has 0 aromatic carbocycles. The van der Waals surface area contributed by atoms with Gasteiger partial charge in [-0.15, -0.1) is 0 Å². The summed E-state index contributed by atoms with van der Waals surface area (Å²) in [5, 5.41) is 12.3. The summed E-state index contributed by atoms with van der Waals surface area (Å²) in [6.07, 6.45) is 6.75. The van der Waals surface area contributed by atoms with Gasteiger partial charge < -0.3 is 10.4 Å². The van der Waals surface area contributed by atoms with Crippen LogP contribution in [0.15, 0.2) is 24.5 Å². The van der Waals surface area contributed by atoms with Gasteiger partial charge in [0.2, 0.25) is 0 Å². The maximum atomic E-state index is 8.87. The van der Waals surface area contributed by atoms with Gasteiger partial charge in [0.25, 0.3) is 0 Å². The van der Waals surface area contributed by atoms with E-state index in [1.165, 1.54) is 5.56 Å². The summed E-state index contributed by atoms with van der Waals surface area (Å²) in [5.74, 6) is 0.596. The van der Waals surface area contributed by atoms with Crippen LogP contribution >= 0.6 is 0 Å². The number of nitrogens with zero attached hydrogens (tertiary/aromatic N) is 1. The Kier molecular flexibility index (Phi) is 6.77. The minimum absolute atomic E-state index is 0.294. The van der Waals surface area contributed by atoms with Gasteiger partial charge in [-0.3, -0.25) is 4.98 Å². The molecule has 16 heavy (non-hydrogen) atoms. The number of hydrogen-bond acceptors (Lipinski definition) is 3. The van der Waals surface area contributed by atoms with Crippen LogP contribution in [0.2, 0.25) is 0 Å². The van der Waals surface area contributed by atoms with Crippen LogP contribution in [-0.4, -0.2) is 29.8 Å². The normalized spacial score (nSPS) is 12.6. The summed E-state index contributed by atoms with van der Waals surface area (Å²) in [7, 11) is 0. The second kappa shape index (κ2) is 8.25. The second-order valence-electron chi connectivity index (χ2n) is 4.10. The Balaban J connectivity index is 2.11. The van der Waals surface area contributed by atoms with Crippen molar-refractivity contribution in [3.63, 3.8) is 0 Å². The van der Waals surface area contributed by atoms with E-state index in [9.17, 15) is 0 Å². The molecule has 0 saturated heterocycles. The zero-order valence-electron chi connectivity index (χ0n) is 10.0. The Morgan fingerprint density at radius 1 is 1.50 bits per heavy atom. The van der Waals surface area contributed by atoms with E-state index in [4.69, 9.17) is 5.11 Å². The summed E-state index contributed by atoms with van der Waals surface area (Å²) in [4.78, 5) is 4.08. The quantitative estimate of drug-likeness (QED) is 0.657. The number of hydrogen-bond donors (Lipinski definition) is 2. The van der Waals surface area contributed by atoms with Gasteiger partial charge in [0.15, 0.2) is 0 Å². The first-order valence-corrected chi connectivity index (χ1v) is 6.07. The average Bonchev–Trinajstić information content (AvgIpc) is 2.34. The first kappa shape index (κ1) is 13.1. The molecule has 0 fully saturated rings. The highest BCUT2D eigenvalue weighted by atomic mass is 16.3. The zero-order chi connectivity index (χ0) is 11.6. The maximum Gasteiger partial charge on any atom is 0.0434 e. The minimum Gasteiger partial charge on any atom is -0.396 e. The van der Waals surface area contributed by atoms with Crippen molar-refractivity contribution in [3.8, 4) is 0 Å². The largest absolute Gasteiger partial charge is 0.396 e. The molecule has 3 heteroatoms. The third-order valence-corrected chi connectivity index (χ3v) is 2.86. The van der Waals surface area contributed by atoms with Crippen LogP contribution in [0.3, 0.4) is 0 Å². The van der Waals surface area contributed by atoms with Crippen molar-refractivity contribution in [1.29, 1.82) is 0 Å². The van der Waals surface area contributed by atoms with Gasteiger partial charge in [0.05, 0.1) is 0 Å². The van der Waals surface area contributed by atoms with Gasteiger partial charge >= 0.3 is 0 Å². The van der Waals surface area contributed by atoms with E-state index in [2.05, 4.69) is 23.3 Å². The predicted molar refractivity (Wildman–Crippen MR) is 66.3 cm³/mol. The second-order valence-corrected chi connectivity index (χ2v) is 4.10. The topological polar surface area (TPSA) is 45.1 Å². The van der Waals surface area contributed by atoms with E-state index < -0.39 is 0 Å². The number of aliphatic hydroxyl groups is 1. The summed E-state index contributed by atoms with van der Waals surface area (Å²) in [5.41, 5.74) is 1.27. The lowest BCUT2D eigenvalue weighted by atomic mass is 10.0. The number of aliphatic hydroxyl groups excluding tert-OH is 1. The Morgan fingerprint density at radius 2 is 2.38 bits per heavy atom. The predicted octanol–water partition coefficient (Wildman–Crippen LogP) is 1.62. The Hall–Kier alpha value is -0.930. The van der Waals surface area contributed by atoms with Crippen LogP contribution in [0.4, 0.5) is 0 Å². The van der Waals surface area contributed by atoms with Gasteiger partial charge in [0.1, 0.15) is 0 Å². The molecule has 0 aliphatic rings. The molecule has 0 bridgehead atoms.